The van der Waals surface area contributed by atoms with E-state index < -0.39 is 0 Å². The van der Waals surface area contributed by atoms with Crippen LogP contribution in [-0.4, -0.2) is 5.11 Å². The highest BCUT2D eigenvalue weighted by molar-refractivity contribution is 5.75. The van der Waals surface area contributed by atoms with Crippen LogP contribution in [0.2, 0.25) is 0 Å². The van der Waals surface area contributed by atoms with Gasteiger partial charge in [-0.15, -0.1) is 0 Å². The third-order valence-corrected chi connectivity index (χ3v) is 1.92. The molecular weight excluding hydrogens is 164 g/mol. The van der Waals surface area contributed by atoms with Gasteiger partial charge in [0, 0.05) is 12.1 Å². The third-order valence-electron chi connectivity index (χ3n) is 1.92. The lowest BCUT2D eigenvalue weighted by molar-refractivity contribution is 0.476. The zero-order valence-electron chi connectivity index (χ0n) is 6.81. The van der Waals surface area contributed by atoms with Gasteiger partial charge in [0.25, 0.3) is 0 Å². The van der Waals surface area contributed by atoms with Crippen molar-refractivity contribution in [1.29, 1.82) is 5.39 Å². The maximum atomic E-state index is 9.18. The molecule has 0 aromatic rings. The molecule has 2 rings (SSSR count). The second-order valence-electron chi connectivity index (χ2n) is 2.82. The van der Waals surface area contributed by atoms with Gasteiger partial charge in [-0.3, -0.25) is 0 Å². The van der Waals surface area contributed by atoms with E-state index in [9.17, 15) is 5.11 Å². The van der Waals surface area contributed by atoms with Crippen molar-refractivity contribution in [2.45, 2.75) is 0 Å². The number of aromatic hydroxyl groups is 1. The summed E-state index contributed by atoms with van der Waals surface area (Å²) in [6.07, 6.45) is 0. The summed E-state index contributed by atoms with van der Waals surface area (Å²) in [5, 5.41) is 17.7. The van der Waals surface area contributed by atoms with Crippen LogP contribution in [0.1, 0.15) is 0 Å². The fourth-order valence-electron chi connectivity index (χ4n) is 1.28. The Morgan fingerprint density at radius 3 is 2.00 bits per heavy atom. The molecule has 0 fully saturated rings. The smallest absolute Gasteiger partial charge is 0.386 e. The van der Waals surface area contributed by atoms with Crippen molar-refractivity contribution < 1.29 is 5.11 Å². The average Bonchev–Trinajstić information content (AvgIpc) is 2.47. The SMILES string of the molecule is N#[N+]c1cc2ccc(O)ccc-2c1. The fourth-order valence-corrected chi connectivity index (χ4v) is 1.28. The van der Waals surface area contributed by atoms with Crippen LogP contribution in [-0.2, 0) is 0 Å². The largest absolute Gasteiger partial charge is 0.508 e. The Bertz CT molecular complexity index is 425. The minimum absolute atomic E-state index is 0.221. The van der Waals surface area contributed by atoms with Gasteiger partial charge in [-0.05, 0) is 23.3 Å². The summed E-state index contributed by atoms with van der Waals surface area (Å²) in [7, 11) is 0. The van der Waals surface area contributed by atoms with Crippen molar-refractivity contribution in [2.24, 2.45) is 0 Å². The molecule has 2 aliphatic carbocycles. The molecule has 1 N–H and O–H groups in total. The lowest BCUT2D eigenvalue weighted by Gasteiger charge is -1.83. The van der Waals surface area contributed by atoms with Crippen molar-refractivity contribution in [2.75, 3.05) is 0 Å². The van der Waals surface area contributed by atoms with Crippen molar-refractivity contribution in [3.05, 3.63) is 41.4 Å². The van der Waals surface area contributed by atoms with Crippen LogP contribution in [0.15, 0.2) is 36.4 Å². The van der Waals surface area contributed by atoms with E-state index in [0.29, 0.717) is 5.69 Å². The van der Waals surface area contributed by atoms with Crippen LogP contribution in [0, 0.1) is 5.39 Å². The van der Waals surface area contributed by atoms with E-state index in [1.807, 2.05) is 0 Å². The molecule has 0 aliphatic heterocycles. The molecule has 0 amide bonds. The third kappa shape index (κ3) is 1.30. The minimum Gasteiger partial charge on any atom is -0.508 e. The molecule has 0 spiro atoms. The lowest BCUT2D eigenvalue weighted by Crippen LogP contribution is -1.59. The zero-order chi connectivity index (χ0) is 9.26. The summed E-state index contributed by atoms with van der Waals surface area (Å²) in [6, 6.07) is 10.2. The molecule has 0 aromatic heterocycles. The van der Waals surface area contributed by atoms with Gasteiger partial charge in [-0.1, -0.05) is 12.1 Å². The molecule has 0 saturated carbocycles. The standard InChI is InChI=1S/C10H6N2O/c11-12-9-5-7-1-3-10(13)4-2-8(7)6-9/h1-6H/p+1. The number of diazo groups is 1. The Kier molecular flexibility index (Phi) is 1.60. The first-order valence-corrected chi connectivity index (χ1v) is 3.87. The number of rotatable bonds is 0. The highest BCUT2D eigenvalue weighted by Crippen LogP contribution is 2.30. The first-order chi connectivity index (χ1) is 6.29. The van der Waals surface area contributed by atoms with Crippen LogP contribution in [0.3, 0.4) is 0 Å². The van der Waals surface area contributed by atoms with Gasteiger partial charge >= 0.3 is 5.69 Å². The topological polar surface area (TPSA) is 48.4 Å². The highest BCUT2D eigenvalue weighted by atomic mass is 16.3. The molecule has 0 aromatic carbocycles. The van der Waals surface area contributed by atoms with E-state index in [0.717, 1.165) is 11.1 Å². The van der Waals surface area contributed by atoms with Gasteiger partial charge < -0.3 is 5.11 Å². The van der Waals surface area contributed by atoms with Gasteiger partial charge in [0.15, 0.2) is 4.98 Å². The summed E-state index contributed by atoms with van der Waals surface area (Å²) < 4.78 is 0. The maximum absolute atomic E-state index is 9.18. The molecule has 3 nitrogen and oxygen atoms in total. The summed E-state index contributed by atoms with van der Waals surface area (Å²) >= 11 is 0. The second-order valence-corrected chi connectivity index (χ2v) is 2.82. The molecule has 3 heteroatoms. The molecule has 0 unspecified atom stereocenters. The number of hydrogen-bond acceptors (Lipinski definition) is 2. The zero-order valence-corrected chi connectivity index (χ0v) is 6.81. The maximum Gasteiger partial charge on any atom is 0.386 e. The van der Waals surface area contributed by atoms with Gasteiger partial charge in [-0.2, -0.15) is 0 Å². The molecule has 13 heavy (non-hydrogen) atoms. The van der Waals surface area contributed by atoms with Crippen LogP contribution >= 0.6 is 0 Å². The van der Waals surface area contributed by atoms with Crippen LogP contribution in [0.25, 0.3) is 16.1 Å². The van der Waals surface area contributed by atoms with Gasteiger partial charge in [0.05, 0.1) is 0 Å². The highest BCUT2D eigenvalue weighted by Gasteiger charge is 2.12. The fraction of sp³-hybridized carbons (Fsp3) is 0. The van der Waals surface area contributed by atoms with E-state index in [2.05, 4.69) is 4.98 Å². The second kappa shape index (κ2) is 2.76. The predicted molar refractivity (Wildman–Crippen MR) is 49.5 cm³/mol. The van der Waals surface area contributed by atoms with Crippen molar-refractivity contribution in [3.8, 4) is 16.9 Å². The Morgan fingerprint density at radius 2 is 1.54 bits per heavy atom. The first kappa shape index (κ1) is 7.56. The number of fused-ring (bicyclic) bond motifs is 1. The number of nitrogens with zero attached hydrogens (tertiary/aromatic N) is 2. The molecule has 2 aliphatic rings. The summed E-state index contributed by atoms with van der Waals surface area (Å²) in [6.45, 7) is 0. The van der Waals surface area contributed by atoms with E-state index in [-0.39, 0.29) is 5.75 Å². The van der Waals surface area contributed by atoms with Gasteiger partial charge in [0.1, 0.15) is 5.75 Å². The molecule has 0 bridgehead atoms. The van der Waals surface area contributed by atoms with Crippen molar-refractivity contribution in [3.63, 3.8) is 0 Å². The quantitative estimate of drug-likeness (QED) is 0.619. The lowest BCUT2D eigenvalue weighted by atomic mass is 10.2. The van der Waals surface area contributed by atoms with Crippen LogP contribution in [0.4, 0.5) is 5.69 Å². The summed E-state index contributed by atoms with van der Waals surface area (Å²) in [4.78, 5) is 3.09. The molecule has 0 radical (unpaired) electrons. The van der Waals surface area contributed by atoms with Crippen LogP contribution in [0.5, 0.6) is 5.75 Å². The van der Waals surface area contributed by atoms with Crippen molar-refractivity contribution >= 4 is 5.69 Å². The Labute approximate surface area is 75.2 Å². The molecule has 0 atom stereocenters. The van der Waals surface area contributed by atoms with Crippen molar-refractivity contribution in [1.82, 2.24) is 0 Å². The molecular formula is C10H7N2O+. The predicted octanol–water partition coefficient (Wildman–Crippen LogP) is 2.98. The van der Waals surface area contributed by atoms with E-state index in [1.165, 1.54) is 0 Å². The van der Waals surface area contributed by atoms with Gasteiger partial charge in [-0.25, -0.2) is 0 Å². The normalized spacial score (nSPS) is 9.77. The van der Waals surface area contributed by atoms with E-state index in [4.69, 9.17) is 5.39 Å². The van der Waals surface area contributed by atoms with E-state index >= 15 is 0 Å². The molecule has 62 valence electrons. The van der Waals surface area contributed by atoms with Crippen LogP contribution < -0.4 is 0 Å². The minimum atomic E-state index is 0.221. The Morgan fingerprint density at radius 1 is 1.00 bits per heavy atom. The van der Waals surface area contributed by atoms with E-state index in [1.54, 1.807) is 36.4 Å². The Hall–Kier alpha value is -2.08. The van der Waals surface area contributed by atoms with Gasteiger partial charge in [0.2, 0.25) is 5.39 Å². The summed E-state index contributed by atoms with van der Waals surface area (Å²) in [5.74, 6) is 0.221. The summed E-state index contributed by atoms with van der Waals surface area (Å²) in [5.41, 5.74) is 2.40. The molecule has 0 saturated heterocycles. The Balaban J connectivity index is 2.68. The monoisotopic (exact) mass is 171 g/mol. The average molecular weight is 171 g/mol. The molecule has 0 heterocycles. The first-order valence-electron chi connectivity index (χ1n) is 3.87. The number of hydrogen-bond donors (Lipinski definition) is 1.